The molecule has 0 unspecified atom stereocenters. The van der Waals surface area contributed by atoms with Gasteiger partial charge in [0.2, 0.25) is 11.8 Å². The summed E-state index contributed by atoms with van der Waals surface area (Å²) in [5.41, 5.74) is 0.921. The SMILES string of the molecule is CCNC(=O)[C@H](C)N(Cc1cccc(OC)c1)C(=O)CN(c1cccc(Cl)c1)S(=O)(=O)c1ccc(OC)cc1. The van der Waals surface area contributed by atoms with Crippen LogP contribution in [0.15, 0.2) is 77.7 Å². The van der Waals surface area contributed by atoms with Crippen LogP contribution in [0, 0.1) is 0 Å². The minimum absolute atomic E-state index is 0.0350. The molecule has 0 aliphatic rings. The third-order valence-corrected chi connectivity index (χ3v) is 8.05. The van der Waals surface area contributed by atoms with Gasteiger partial charge >= 0.3 is 0 Å². The Hall–Kier alpha value is -3.76. The van der Waals surface area contributed by atoms with E-state index in [1.807, 2.05) is 0 Å². The number of likely N-dealkylation sites (N-methyl/N-ethyl adjacent to an activating group) is 1. The zero-order chi connectivity index (χ0) is 28.6. The molecule has 0 spiro atoms. The van der Waals surface area contributed by atoms with Crippen molar-refractivity contribution < 1.29 is 27.5 Å². The van der Waals surface area contributed by atoms with Gasteiger partial charge in [-0.2, -0.15) is 0 Å². The molecular weight excluding hydrogens is 542 g/mol. The predicted octanol–water partition coefficient (Wildman–Crippen LogP) is 4.11. The third-order valence-electron chi connectivity index (χ3n) is 6.03. The van der Waals surface area contributed by atoms with Crippen LogP contribution in [0.2, 0.25) is 5.02 Å². The van der Waals surface area contributed by atoms with Crippen LogP contribution >= 0.6 is 11.6 Å². The number of rotatable bonds is 12. The van der Waals surface area contributed by atoms with Gasteiger partial charge < -0.3 is 19.7 Å². The number of carbonyl (C=O) groups is 2. The first kappa shape index (κ1) is 29.8. The molecule has 3 rings (SSSR count). The Balaban J connectivity index is 2.03. The molecule has 0 aromatic heterocycles. The minimum Gasteiger partial charge on any atom is -0.497 e. The van der Waals surface area contributed by atoms with Gasteiger partial charge in [0.25, 0.3) is 10.0 Å². The number of halogens is 1. The van der Waals surface area contributed by atoms with Gasteiger partial charge in [-0.3, -0.25) is 13.9 Å². The number of amides is 2. The van der Waals surface area contributed by atoms with Gasteiger partial charge in [0.1, 0.15) is 24.1 Å². The van der Waals surface area contributed by atoms with Gasteiger partial charge in [-0.05, 0) is 74.0 Å². The molecule has 9 nitrogen and oxygen atoms in total. The lowest BCUT2D eigenvalue weighted by molar-refractivity contribution is -0.139. The van der Waals surface area contributed by atoms with Crippen molar-refractivity contribution in [1.29, 1.82) is 0 Å². The normalized spacial score (nSPS) is 11.8. The Kier molecular flexibility index (Phi) is 10.2. The molecular formula is C28H32ClN3O6S. The number of benzene rings is 3. The molecule has 0 aliphatic heterocycles. The molecule has 0 saturated heterocycles. The van der Waals surface area contributed by atoms with E-state index in [2.05, 4.69) is 5.32 Å². The lowest BCUT2D eigenvalue weighted by atomic mass is 10.1. The molecule has 39 heavy (non-hydrogen) atoms. The monoisotopic (exact) mass is 573 g/mol. The summed E-state index contributed by atoms with van der Waals surface area (Å²) in [6.45, 7) is 3.25. The molecule has 0 fully saturated rings. The van der Waals surface area contributed by atoms with E-state index in [-0.39, 0.29) is 23.0 Å². The fraction of sp³-hybridized carbons (Fsp3) is 0.286. The molecule has 2 amide bonds. The van der Waals surface area contributed by atoms with Crippen LogP contribution in [-0.4, -0.2) is 58.5 Å². The van der Waals surface area contributed by atoms with E-state index in [1.54, 1.807) is 56.3 Å². The summed E-state index contributed by atoms with van der Waals surface area (Å²) in [5, 5.41) is 3.03. The van der Waals surface area contributed by atoms with Crippen LogP contribution in [0.25, 0.3) is 0 Å². The maximum atomic E-state index is 13.9. The van der Waals surface area contributed by atoms with Crippen LogP contribution in [0.5, 0.6) is 11.5 Å². The van der Waals surface area contributed by atoms with Crippen molar-refractivity contribution in [3.8, 4) is 11.5 Å². The number of carbonyl (C=O) groups excluding carboxylic acids is 2. The van der Waals surface area contributed by atoms with Gasteiger partial charge in [0.05, 0.1) is 24.8 Å². The van der Waals surface area contributed by atoms with Gasteiger partial charge in [-0.15, -0.1) is 0 Å². The average Bonchev–Trinajstić information content (AvgIpc) is 2.94. The number of methoxy groups -OCH3 is 2. The van der Waals surface area contributed by atoms with Crippen molar-refractivity contribution in [2.75, 3.05) is 31.6 Å². The number of sulfonamides is 1. The van der Waals surface area contributed by atoms with E-state index < -0.39 is 28.5 Å². The molecule has 0 bridgehead atoms. The van der Waals surface area contributed by atoms with Crippen molar-refractivity contribution in [2.24, 2.45) is 0 Å². The third kappa shape index (κ3) is 7.42. The zero-order valence-electron chi connectivity index (χ0n) is 22.3. The Labute approximate surface area is 234 Å². The van der Waals surface area contributed by atoms with E-state index >= 15 is 0 Å². The summed E-state index contributed by atoms with van der Waals surface area (Å²) in [5.74, 6) is 0.141. The molecule has 3 aromatic rings. The summed E-state index contributed by atoms with van der Waals surface area (Å²) in [6.07, 6.45) is 0. The van der Waals surface area contributed by atoms with Gasteiger partial charge in [-0.25, -0.2) is 8.42 Å². The van der Waals surface area contributed by atoms with Crippen molar-refractivity contribution in [1.82, 2.24) is 10.2 Å². The first-order chi connectivity index (χ1) is 18.6. The average molecular weight is 574 g/mol. The minimum atomic E-state index is -4.21. The van der Waals surface area contributed by atoms with E-state index in [1.165, 1.54) is 49.5 Å². The molecule has 0 radical (unpaired) electrons. The fourth-order valence-electron chi connectivity index (χ4n) is 3.91. The summed E-state index contributed by atoms with van der Waals surface area (Å²) < 4.78 is 39.1. The standard InChI is InChI=1S/C28H32ClN3O6S/c1-5-30-28(34)20(2)31(18-21-8-6-11-25(16-21)38-4)27(33)19-32(23-10-7-9-22(29)17-23)39(35,36)26-14-12-24(37-3)13-15-26/h6-17,20H,5,18-19H2,1-4H3,(H,30,34)/t20-/m0/s1. The first-order valence-electron chi connectivity index (χ1n) is 12.2. The van der Waals surface area contributed by atoms with E-state index in [9.17, 15) is 18.0 Å². The maximum absolute atomic E-state index is 13.9. The van der Waals surface area contributed by atoms with Gasteiger partial charge in [-0.1, -0.05) is 29.8 Å². The smallest absolute Gasteiger partial charge is 0.264 e. The lowest BCUT2D eigenvalue weighted by Gasteiger charge is -2.32. The van der Waals surface area contributed by atoms with E-state index in [0.29, 0.717) is 28.6 Å². The van der Waals surface area contributed by atoms with Crippen LogP contribution in [-0.2, 0) is 26.2 Å². The van der Waals surface area contributed by atoms with Gasteiger partial charge in [0.15, 0.2) is 0 Å². The Bertz CT molecular complexity index is 1400. The van der Waals surface area contributed by atoms with Crippen molar-refractivity contribution in [3.63, 3.8) is 0 Å². The molecule has 3 aromatic carbocycles. The van der Waals surface area contributed by atoms with Crippen molar-refractivity contribution in [2.45, 2.75) is 31.3 Å². The molecule has 0 heterocycles. The Morgan fingerprint density at radius 2 is 1.62 bits per heavy atom. The highest BCUT2D eigenvalue weighted by atomic mass is 35.5. The molecule has 1 N–H and O–H groups in total. The van der Waals surface area contributed by atoms with Crippen molar-refractivity contribution >= 4 is 39.1 Å². The number of hydrogen-bond donors (Lipinski definition) is 1. The highest BCUT2D eigenvalue weighted by Gasteiger charge is 2.32. The Morgan fingerprint density at radius 3 is 2.23 bits per heavy atom. The van der Waals surface area contributed by atoms with Crippen LogP contribution in [0.4, 0.5) is 5.69 Å². The Morgan fingerprint density at radius 1 is 0.949 bits per heavy atom. The van der Waals surface area contributed by atoms with Crippen LogP contribution < -0.4 is 19.1 Å². The van der Waals surface area contributed by atoms with E-state index in [0.717, 1.165) is 4.31 Å². The predicted molar refractivity (Wildman–Crippen MR) is 151 cm³/mol. The largest absolute Gasteiger partial charge is 0.497 e. The number of nitrogens with one attached hydrogen (secondary N) is 1. The highest BCUT2D eigenvalue weighted by Crippen LogP contribution is 2.28. The molecule has 0 saturated carbocycles. The second-order valence-corrected chi connectivity index (χ2v) is 10.9. The quantitative estimate of drug-likeness (QED) is 0.350. The number of nitrogens with zero attached hydrogens (tertiary/aromatic N) is 2. The number of anilines is 1. The molecule has 208 valence electrons. The van der Waals surface area contributed by atoms with Gasteiger partial charge in [0, 0.05) is 18.1 Å². The first-order valence-corrected chi connectivity index (χ1v) is 14.0. The molecule has 0 aliphatic carbocycles. The molecule has 11 heteroatoms. The summed E-state index contributed by atoms with van der Waals surface area (Å²) >= 11 is 6.19. The van der Waals surface area contributed by atoms with Crippen molar-refractivity contribution in [3.05, 3.63) is 83.4 Å². The summed E-state index contributed by atoms with van der Waals surface area (Å²) in [4.78, 5) is 28.0. The highest BCUT2D eigenvalue weighted by molar-refractivity contribution is 7.92. The second-order valence-electron chi connectivity index (χ2n) is 8.61. The number of hydrogen-bond acceptors (Lipinski definition) is 6. The lowest BCUT2D eigenvalue weighted by Crippen LogP contribution is -2.51. The summed E-state index contributed by atoms with van der Waals surface area (Å²) in [6, 6.07) is 18.3. The van der Waals surface area contributed by atoms with E-state index in [4.69, 9.17) is 21.1 Å². The fourth-order valence-corrected chi connectivity index (χ4v) is 5.50. The summed E-state index contributed by atoms with van der Waals surface area (Å²) in [7, 11) is -1.20. The van der Waals surface area contributed by atoms with Crippen LogP contribution in [0.1, 0.15) is 19.4 Å². The second kappa shape index (κ2) is 13.3. The number of ether oxygens (including phenoxy) is 2. The maximum Gasteiger partial charge on any atom is 0.264 e. The molecule has 1 atom stereocenters. The van der Waals surface area contributed by atoms with Crippen LogP contribution in [0.3, 0.4) is 0 Å². The topological polar surface area (TPSA) is 105 Å². The zero-order valence-corrected chi connectivity index (χ0v) is 23.8.